The Kier molecular flexibility index (Phi) is 3.86. The van der Waals surface area contributed by atoms with Gasteiger partial charge in [-0.3, -0.25) is 10.1 Å². The van der Waals surface area contributed by atoms with Crippen LogP contribution in [0.5, 0.6) is 0 Å². The SMILES string of the molecule is O=C(O)[C@]1(CC(O)CBr)C[C@H](F)CN1. The van der Waals surface area contributed by atoms with Crippen LogP contribution in [0.15, 0.2) is 0 Å². The number of aliphatic carboxylic acids is 1. The van der Waals surface area contributed by atoms with Gasteiger partial charge >= 0.3 is 5.97 Å². The maximum absolute atomic E-state index is 12.9. The van der Waals surface area contributed by atoms with Crippen molar-refractivity contribution in [3.8, 4) is 0 Å². The van der Waals surface area contributed by atoms with Crippen LogP contribution in [0.3, 0.4) is 0 Å². The number of rotatable bonds is 4. The van der Waals surface area contributed by atoms with Crippen LogP contribution in [0.25, 0.3) is 0 Å². The first kappa shape index (κ1) is 11.9. The minimum atomic E-state index is -1.30. The summed E-state index contributed by atoms with van der Waals surface area (Å²) in [6.07, 6.45) is -1.97. The van der Waals surface area contributed by atoms with Crippen LogP contribution in [0.4, 0.5) is 4.39 Å². The molecule has 0 amide bonds. The van der Waals surface area contributed by atoms with Crippen LogP contribution in [0.2, 0.25) is 0 Å². The lowest BCUT2D eigenvalue weighted by molar-refractivity contribution is -0.145. The third kappa shape index (κ3) is 2.43. The summed E-state index contributed by atoms with van der Waals surface area (Å²) in [4.78, 5) is 11.0. The molecule has 82 valence electrons. The second-order valence-electron chi connectivity index (χ2n) is 3.58. The molecule has 0 radical (unpaired) electrons. The van der Waals surface area contributed by atoms with Crippen LogP contribution in [-0.2, 0) is 4.79 Å². The van der Waals surface area contributed by atoms with Gasteiger partial charge in [0.05, 0.1) is 6.10 Å². The largest absolute Gasteiger partial charge is 0.480 e. The number of aliphatic hydroxyl groups excluding tert-OH is 1. The number of alkyl halides is 2. The molecule has 1 saturated heterocycles. The monoisotopic (exact) mass is 269 g/mol. The van der Waals surface area contributed by atoms with Crippen molar-refractivity contribution in [1.82, 2.24) is 5.32 Å². The Hall–Kier alpha value is -0.200. The number of halogens is 2. The smallest absolute Gasteiger partial charge is 0.324 e. The molecule has 0 aromatic heterocycles. The molecule has 0 aromatic rings. The van der Waals surface area contributed by atoms with Gasteiger partial charge in [0, 0.05) is 24.7 Å². The number of carboxylic acid groups (broad SMARTS) is 1. The second kappa shape index (κ2) is 4.55. The molecule has 1 heterocycles. The van der Waals surface area contributed by atoms with Crippen LogP contribution < -0.4 is 5.32 Å². The molecule has 3 N–H and O–H groups in total. The van der Waals surface area contributed by atoms with E-state index in [1.54, 1.807) is 0 Å². The minimum Gasteiger partial charge on any atom is -0.480 e. The summed E-state index contributed by atoms with van der Waals surface area (Å²) >= 11 is 3.05. The van der Waals surface area contributed by atoms with E-state index in [-0.39, 0.29) is 19.4 Å². The molecule has 0 aliphatic carbocycles. The molecule has 1 aliphatic rings. The van der Waals surface area contributed by atoms with Crippen molar-refractivity contribution in [2.45, 2.75) is 30.7 Å². The molecule has 1 aliphatic heterocycles. The number of nitrogens with one attached hydrogen (secondary N) is 1. The van der Waals surface area contributed by atoms with Crippen molar-refractivity contribution < 1.29 is 19.4 Å². The summed E-state index contributed by atoms with van der Waals surface area (Å²) in [5.74, 6) is -1.10. The first-order valence-corrected chi connectivity index (χ1v) is 5.49. The fourth-order valence-corrected chi connectivity index (χ4v) is 1.92. The van der Waals surface area contributed by atoms with E-state index in [9.17, 15) is 14.3 Å². The van der Waals surface area contributed by atoms with E-state index in [0.29, 0.717) is 5.33 Å². The fourth-order valence-electron chi connectivity index (χ4n) is 1.69. The predicted octanol–water partition coefficient (Wildman–Crippen LogP) is 0.287. The Morgan fingerprint density at radius 2 is 2.43 bits per heavy atom. The summed E-state index contributed by atoms with van der Waals surface area (Å²) in [6, 6.07) is 0. The number of hydrogen-bond acceptors (Lipinski definition) is 3. The molecule has 6 heteroatoms. The Morgan fingerprint density at radius 3 is 2.79 bits per heavy atom. The van der Waals surface area contributed by atoms with Gasteiger partial charge in [-0.2, -0.15) is 0 Å². The molecular weight excluding hydrogens is 257 g/mol. The average Bonchev–Trinajstić information content (AvgIpc) is 2.48. The molecular formula is C8H13BrFNO3. The summed E-state index contributed by atoms with van der Waals surface area (Å²) in [5.41, 5.74) is -1.30. The molecule has 14 heavy (non-hydrogen) atoms. The van der Waals surface area contributed by atoms with Gasteiger partial charge in [0.25, 0.3) is 0 Å². The van der Waals surface area contributed by atoms with E-state index in [0.717, 1.165) is 0 Å². The van der Waals surface area contributed by atoms with Crippen molar-refractivity contribution >= 4 is 21.9 Å². The van der Waals surface area contributed by atoms with Crippen molar-refractivity contribution in [3.05, 3.63) is 0 Å². The lowest BCUT2D eigenvalue weighted by atomic mass is 9.90. The van der Waals surface area contributed by atoms with E-state index in [1.165, 1.54) is 0 Å². The van der Waals surface area contributed by atoms with Crippen LogP contribution in [-0.4, -0.2) is 45.9 Å². The molecule has 0 spiro atoms. The Bertz CT molecular complexity index is 229. The summed E-state index contributed by atoms with van der Waals surface area (Å²) in [6.45, 7) is 0.0430. The van der Waals surface area contributed by atoms with E-state index in [2.05, 4.69) is 21.2 Å². The number of carboxylic acids is 1. The highest BCUT2D eigenvalue weighted by Crippen LogP contribution is 2.27. The Morgan fingerprint density at radius 1 is 1.79 bits per heavy atom. The van der Waals surface area contributed by atoms with Crippen LogP contribution in [0.1, 0.15) is 12.8 Å². The normalized spacial score (nSPS) is 34.4. The third-order valence-electron chi connectivity index (χ3n) is 2.40. The number of aliphatic hydroxyl groups is 1. The van der Waals surface area contributed by atoms with Crippen molar-refractivity contribution in [3.63, 3.8) is 0 Å². The molecule has 0 aromatic carbocycles. The zero-order valence-corrected chi connectivity index (χ0v) is 9.13. The maximum Gasteiger partial charge on any atom is 0.324 e. The standard InChI is InChI=1S/C8H13BrFNO3/c9-3-6(12)2-8(7(13)14)1-5(10)4-11-8/h5-6,11-12H,1-4H2,(H,13,14)/t5-,6?,8+/m0/s1. The molecule has 1 unspecified atom stereocenters. The molecule has 4 nitrogen and oxygen atoms in total. The zero-order chi connectivity index (χ0) is 10.8. The minimum absolute atomic E-state index is 0.0218. The van der Waals surface area contributed by atoms with Gasteiger partial charge in [0.2, 0.25) is 0 Å². The highest BCUT2D eigenvalue weighted by Gasteiger charge is 2.46. The van der Waals surface area contributed by atoms with Gasteiger partial charge < -0.3 is 10.2 Å². The fraction of sp³-hybridized carbons (Fsp3) is 0.875. The zero-order valence-electron chi connectivity index (χ0n) is 7.54. The predicted molar refractivity (Wildman–Crippen MR) is 52.3 cm³/mol. The maximum atomic E-state index is 12.9. The first-order valence-electron chi connectivity index (χ1n) is 4.37. The molecule has 0 bridgehead atoms. The van der Waals surface area contributed by atoms with E-state index in [4.69, 9.17) is 5.11 Å². The Labute approximate surface area is 89.6 Å². The number of carbonyl (C=O) groups is 1. The average molecular weight is 270 g/mol. The Balaban J connectivity index is 2.68. The molecule has 3 atom stereocenters. The summed E-state index contributed by atoms with van der Waals surface area (Å²) in [7, 11) is 0. The van der Waals surface area contributed by atoms with Gasteiger partial charge in [-0.1, -0.05) is 15.9 Å². The van der Waals surface area contributed by atoms with E-state index in [1.807, 2.05) is 0 Å². The van der Waals surface area contributed by atoms with E-state index < -0.39 is 23.8 Å². The molecule has 1 fully saturated rings. The highest BCUT2D eigenvalue weighted by molar-refractivity contribution is 9.09. The van der Waals surface area contributed by atoms with Gasteiger partial charge in [0.1, 0.15) is 11.7 Å². The molecule has 1 rings (SSSR count). The van der Waals surface area contributed by atoms with Crippen molar-refractivity contribution in [2.75, 3.05) is 11.9 Å². The second-order valence-corrected chi connectivity index (χ2v) is 4.23. The lowest BCUT2D eigenvalue weighted by Crippen LogP contribution is -2.50. The summed E-state index contributed by atoms with van der Waals surface area (Å²) < 4.78 is 12.9. The van der Waals surface area contributed by atoms with Gasteiger partial charge in [0.15, 0.2) is 0 Å². The van der Waals surface area contributed by atoms with Crippen molar-refractivity contribution in [1.29, 1.82) is 0 Å². The third-order valence-corrected chi connectivity index (χ3v) is 3.15. The van der Waals surface area contributed by atoms with Gasteiger partial charge in [-0.15, -0.1) is 0 Å². The van der Waals surface area contributed by atoms with Crippen molar-refractivity contribution in [2.24, 2.45) is 0 Å². The van der Waals surface area contributed by atoms with Crippen LogP contribution >= 0.6 is 15.9 Å². The van der Waals surface area contributed by atoms with Gasteiger partial charge in [-0.25, -0.2) is 4.39 Å². The van der Waals surface area contributed by atoms with E-state index >= 15 is 0 Å². The first-order chi connectivity index (χ1) is 6.50. The lowest BCUT2D eigenvalue weighted by Gasteiger charge is -2.26. The quantitative estimate of drug-likeness (QED) is 0.642. The van der Waals surface area contributed by atoms with Gasteiger partial charge in [-0.05, 0) is 0 Å². The highest BCUT2D eigenvalue weighted by atomic mass is 79.9. The van der Waals surface area contributed by atoms with Crippen LogP contribution in [0, 0.1) is 0 Å². The molecule has 0 saturated carbocycles. The summed E-state index contributed by atoms with van der Waals surface area (Å²) in [5, 5.41) is 21.2. The number of hydrogen-bond donors (Lipinski definition) is 3. The topological polar surface area (TPSA) is 69.6 Å².